The molecule has 1 amide bonds. The second kappa shape index (κ2) is 8.63. The van der Waals surface area contributed by atoms with Gasteiger partial charge in [-0.2, -0.15) is 0 Å². The SMILES string of the molecule is COc1ccc(C(=O)Nc2cc(Cl)ccc2Oc2ccccc2OC)cc1F. The number of anilines is 1. The molecule has 0 saturated carbocycles. The molecule has 1 N–H and O–H groups in total. The number of carbonyl (C=O) groups is 1. The van der Waals surface area contributed by atoms with Crippen LogP contribution in [-0.2, 0) is 0 Å². The third-order valence-electron chi connectivity index (χ3n) is 3.89. The van der Waals surface area contributed by atoms with E-state index >= 15 is 0 Å². The van der Waals surface area contributed by atoms with Gasteiger partial charge in [0.05, 0.1) is 19.9 Å². The Balaban J connectivity index is 1.88. The van der Waals surface area contributed by atoms with Crippen LogP contribution in [0.25, 0.3) is 0 Å². The standard InChI is InChI=1S/C21H17ClFNO4/c1-26-17-9-7-13(11-15(17)23)21(25)24-16-12-14(22)8-10-18(16)28-20-6-4-3-5-19(20)27-2/h3-12H,1-2H3,(H,24,25). The maximum absolute atomic E-state index is 13.9. The van der Waals surface area contributed by atoms with E-state index < -0.39 is 11.7 Å². The molecule has 0 spiro atoms. The molecule has 144 valence electrons. The molecule has 0 aromatic heterocycles. The van der Waals surface area contributed by atoms with E-state index in [9.17, 15) is 9.18 Å². The first-order chi connectivity index (χ1) is 13.5. The number of hydrogen-bond acceptors (Lipinski definition) is 4. The van der Waals surface area contributed by atoms with Crippen molar-refractivity contribution in [1.29, 1.82) is 0 Å². The van der Waals surface area contributed by atoms with Crippen LogP contribution >= 0.6 is 11.6 Å². The Morgan fingerprint density at radius 3 is 2.25 bits per heavy atom. The van der Waals surface area contributed by atoms with E-state index in [0.29, 0.717) is 28.0 Å². The van der Waals surface area contributed by atoms with Crippen molar-refractivity contribution in [3.05, 3.63) is 77.1 Å². The van der Waals surface area contributed by atoms with E-state index in [-0.39, 0.29) is 11.3 Å². The van der Waals surface area contributed by atoms with Crippen LogP contribution < -0.4 is 19.5 Å². The summed E-state index contributed by atoms with van der Waals surface area (Å²) in [5.41, 5.74) is 0.459. The highest BCUT2D eigenvalue weighted by atomic mass is 35.5. The van der Waals surface area contributed by atoms with Crippen LogP contribution in [0.4, 0.5) is 10.1 Å². The van der Waals surface area contributed by atoms with Gasteiger partial charge in [0.25, 0.3) is 5.91 Å². The fourth-order valence-corrected chi connectivity index (χ4v) is 2.68. The largest absolute Gasteiger partial charge is 0.494 e. The Bertz CT molecular complexity index is 1010. The van der Waals surface area contributed by atoms with Gasteiger partial charge in [-0.15, -0.1) is 0 Å². The van der Waals surface area contributed by atoms with Crippen LogP contribution in [0, 0.1) is 5.82 Å². The molecule has 0 atom stereocenters. The lowest BCUT2D eigenvalue weighted by molar-refractivity contribution is 0.102. The van der Waals surface area contributed by atoms with Crippen LogP contribution in [0.1, 0.15) is 10.4 Å². The van der Waals surface area contributed by atoms with Gasteiger partial charge in [-0.3, -0.25) is 4.79 Å². The molecule has 0 radical (unpaired) electrons. The van der Waals surface area contributed by atoms with E-state index in [2.05, 4.69) is 5.32 Å². The zero-order valence-electron chi connectivity index (χ0n) is 15.2. The van der Waals surface area contributed by atoms with Crippen molar-refractivity contribution in [3.8, 4) is 23.0 Å². The van der Waals surface area contributed by atoms with Gasteiger partial charge in [0.2, 0.25) is 0 Å². The Morgan fingerprint density at radius 1 is 0.893 bits per heavy atom. The minimum atomic E-state index is -0.633. The van der Waals surface area contributed by atoms with Crippen LogP contribution in [0.3, 0.4) is 0 Å². The minimum Gasteiger partial charge on any atom is -0.494 e. The molecule has 0 saturated heterocycles. The summed E-state index contributed by atoms with van der Waals surface area (Å²) in [5.74, 6) is 0.265. The number of benzene rings is 3. The zero-order chi connectivity index (χ0) is 20.1. The summed E-state index contributed by atoms with van der Waals surface area (Å²) in [6.45, 7) is 0. The Labute approximate surface area is 166 Å². The van der Waals surface area contributed by atoms with Crippen LogP contribution in [0.2, 0.25) is 5.02 Å². The van der Waals surface area contributed by atoms with E-state index in [4.69, 9.17) is 25.8 Å². The lowest BCUT2D eigenvalue weighted by Gasteiger charge is -2.15. The fraction of sp³-hybridized carbons (Fsp3) is 0.0952. The third-order valence-corrected chi connectivity index (χ3v) is 4.13. The second-order valence-corrected chi connectivity index (χ2v) is 6.13. The van der Waals surface area contributed by atoms with Crippen molar-refractivity contribution in [3.63, 3.8) is 0 Å². The van der Waals surface area contributed by atoms with Gasteiger partial charge in [-0.1, -0.05) is 23.7 Å². The van der Waals surface area contributed by atoms with Crippen molar-refractivity contribution in [2.45, 2.75) is 0 Å². The van der Waals surface area contributed by atoms with Crippen molar-refractivity contribution < 1.29 is 23.4 Å². The molecule has 0 unspecified atom stereocenters. The average Bonchev–Trinajstić information content (AvgIpc) is 2.70. The van der Waals surface area contributed by atoms with E-state index in [1.807, 2.05) is 6.07 Å². The molecule has 0 bridgehead atoms. The van der Waals surface area contributed by atoms with Crippen molar-refractivity contribution >= 4 is 23.2 Å². The van der Waals surface area contributed by atoms with Crippen LogP contribution in [-0.4, -0.2) is 20.1 Å². The number of amides is 1. The summed E-state index contributed by atoms with van der Waals surface area (Å²) in [7, 11) is 2.89. The first kappa shape index (κ1) is 19.5. The van der Waals surface area contributed by atoms with Gasteiger partial charge in [0.15, 0.2) is 28.8 Å². The lowest BCUT2D eigenvalue weighted by atomic mass is 10.2. The number of nitrogens with one attached hydrogen (secondary N) is 1. The number of ether oxygens (including phenoxy) is 3. The van der Waals surface area contributed by atoms with Gasteiger partial charge in [0, 0.05) is 10.6 Å². The lowest BCUT2D eigenvalue weighted by Crippen LogP contribution is -2.13. The summed E-state index contributed by atoms with van der Waals surface area (Å²) in [6, 6.07) is 15.8. The van der Waals surface area contributed by atoms with Gasteiger partial charge < -0.3 is 19.5 Å². The van der Waals surface area contributed by atoms with E-state index in [1.54, 1.807) is 36.4 Å². The van der Waals surface area contributed by atoms with Crippen molar-refractivity contribution in [2.75, 3.05) is 19.5 Å². The highest BCUT2D eigenvalue weighted by Crippen LogP contribution is 2.36. The molecule has 0 aliphatic heterocycles. The minimum absolute atomic E-state index is 0.0551. The van der Waals surface area contributed by atoms with E-state index in [1.165, 1.54) is 26.4 Å². The molecule has 3 aromatic rings. The first-order valence-corrected chi connectivity index (χ1v) is 8.65. The molecule has 3 rings (SSSR count). The summed E-state index contributed by atoms with van der Waals surface area (Å²) < 4.78 is 29.9. The molecule has 0 aliphatic rings. The fourth-order valence-electron chi connectivity index (χ4n) is 2.51. The monoisotopic (exact) mass is 401 g/mol. The summed E-state index contributed by atoms with van der Waals surface area (Å²) in [6.07, 6.45) is 0. The quantitative estimate of drug-likeness (QED) is 0.589. The maximum Gasteiger partial charge on any atom is 0.255 e. The predicted octanol–water partition coefficient (Wildman–Crippen LogP) is 5.54. The smallest absolute Gasteiger partial charge is 0.255 e. The Morgan fingerprint density at radius 2 is 1.57 bits per heavy atom. The van der Waals surface area contributed by atoms with Crippen LogP contribution in [0.5, 0.6) is 23.0 Å². The maximum atomic E-state index is 13.9. The van der Waals surface area contributed by atoms with Crippen molar-refractivity contribution in [2.24, 2.45) is 0 Å². The Hall–Kier alpha value is -3.25. The molecule has 7 heteroatoms. The highest BCUT2D eigenvalue weighted by molar-refractivity contribution is 6.31. The van der Waals surface area contributed by atoms with Crippen molar-refractivity contribution in [1.82, 2.24) is 0 Å². The summed E-state index contributed by atoms with van der Waals surface area (Å²) in [4.78, 5) is 12.6. The predicted molar refractivity (Wildman–Crippen MR) is 105 cm³/mol. The third kappa shape index (κ3) is 4.35. The molecule has 0 fully saturated rings. The van der Waals surface area contributed by atoms with Gasteiger partial charge >= 0.3 is 0 Å². The number of halogens is 2. The second-order valence-electron chi connectivity index (χ2n) is 5.70. The molecule has 0 heterocycles. The molecule has 5 nitrogen and oxygen atoms in total. The first-order valence-electron chi connectivity index (χ1n) is 8.27. The number of carbonyl (C=O) groups excluding carboxylic acids is 1. The number of para-hydroxylation sites is 2. The van der Waals surface area contributed by atoms with Gasteiger partial charge in [-0.05, 0) is 48.5 Å². The summed E-state index contributed by atoms with van der Waals surface area (Å²) in [5, 5.41) is 3.10. The van der Waals surface area contributed by atoms with E-state index in [0.717, 1.165) is 6.07 Å². The zero-order valence-corrected chi connectivity index (χ0v) is 15.9. The van der Waals surface area contributed by atoms with Gasteiger partial charge in [0.1, 0.15) is 0 Å². The normalized spacial score (nSPS) is 10.3. The molecule has 3 aromatic carbocycles. The number of rotatable bonds is 6. The summed E-state index contributed by atoms with van der Waals surface area (Å²) >= 11 is 6.06. The molecule has 28 heavy (non-hydrogen) atoms. The Kier molecular flexibility index (Phi) is 6.01. The topological polar surface area (TPSA) is 56.8 Å². The molecular formula is C21H17ClFNO4. The molecular weight excluding hydrogens is 385 g/mol. The average molecular weight is 402 g/mol. The van der Waals surface area contributed by atoms with Crippen LogP contribution in [0.15, 0.2) is 60.7 Å². The number of methoxy groups -OCH3 is 2. The van der Waals surface area contributed by atoms with Gasteiger partial charge in [-0.25, -0.2) is 4.39 Å². The molecule has 0 aliphatic carbocycles. The number of hydrogen-bond donors (Lipinski definition) is 1. The highest BCUT2D eigenvalue weighted by Gasteiger charge is 2.15.